The van der Waals surface area contributed by atoms with Gasteiger partial charge in [0.15, 0.2) is 6.61 Å². The number of hydrogen-bond acceptors (Lipinski definition) is 5. The second-order valence-corrected chi connectivity index (χ2v) is 6.73. The number of fused-ring (bicyclic) bond motifs is 1. The van der Waals surface area contributed by atoms with E-state index in [-0.39, 0.29) is 43.6 Å². The fourth-order valence-electron chi connectivity index (χ4n) is 2.90. The first-order valence-electron chi connectivity index (χ1n) is 9.32. The van der Waals surface area contributed by atoms with Gasteiger partial charge in [-0.1, -0.05) is 12.1 Å². The summed E-state index contributed by atoms with van der Waals surface area (Å²) in [6, 6.07) is 9.68. The molecule has 3 rings (SSSR count). The van der Waals surface area contributed by atoms with Crippen LogP contribution in [0.1, 0.15) is 18.4 Å². The molecule has 1 aliphatic heterocycles. The van der Waals surface area contributed by atoms with Gasteiger partial charge in [-0.15, -0.1) is 0 Å². The topological polar surface area (TPSA) is 101 Å². The van der Waals surface area contributed by atoms with Gasteiger partial charge in [-0.2, -0.15) is 13.2 Å². The van der Waals surface area contributed by atoms with Crippen LogP contribution in [0, 0.1) is 0 Å². The summed E-state index contributed by atoms with van der Waals surface area (Å²) in [5.74, 6) is -1.32. The van der Waals surface area contributed by atoms with E-state index < -0.39 is 18.7 Å². The monoisotopic (exact) mass is 436 g/mol. The molecule has 0 radical (unpaired) electrons. The van der Waals surface area contributed by atoms with Gasteiger partial charge in [0.2, 0.25) is 23.6 Å². The molecule has 31 heavy (non-hydrogen) atoms. The van der Waals surface area contributed by atoms with Crippen molar-refractivity contribution in [2.75, 3.05) is 23.4 Å². The predicted octanol–water partition coefficient (Wildman–Crippen LogP) is 2.40. The maximum absolute atomic E-state index is 12.5. The average molecular weight is 436 g/mol. The number of pyridine rings is 1. The van der Waals surface area contributed by atoms with Gasteiger partial charge < -0.3 is 20.3 Å². The lowest BCUT2D eigenvalue weighted by molar-refractivity contribution is -0.154. The number of carbonyl (C=O) groups excluding carboxylic acids is 3. The summed E-state index contributed by atoms with van der Waals surface area (Å²) in [4.78, 5) is 41.5. The predicted molar refractivity (Wildman–Crippen MR) is 104 cm³/mol. The van der Waals surface area contributed by atoms with E-state index in [0.717, 1.165) is 0 Å². The molecule has 0 spiro atoms. The van der Waals surface area contributed by atoms with Crippen LogP contribution in [-0.4, -0.2) is 42.0 Å². The summed E-state index contributed by atoms with van der Waals surface area (Å²) in [5.41, 5.74) is 1.59. The summed E-state index contributed by atoms with van der Waals surface area (Å²) < 4.78 is 41.2. The Morgan fingerprint density at radius 3 is 2.74 bits per heavy atom. The fraction of sp³-hybridized carbons (Fsp3) is 0.300. The van der Waals surface area contributed by atoms with Gasteiger partial charge in [0.25, 0.3) is 0 Å². The molecule has 0 atom stereocenters. The highest BCUT2D eigenvalue weighted by Crippen LogP contribution is 2.29. The summed E-state index contributed by atoms with van der Waals surface area (Å²) in [5, 5.41) is 5.27. The third-order valence-electron chi connectivity index (χ3n) is 4.31. The van der Waals surface area contributed by atoms with Crippen molar-refractivity contribution in [1.82, 2.24) is 10.3 Å². The summed E-state index contributed by atoms with van der Waals surface area (Å²) in [6.45, 7) is -1.56. The molecular weight excluding hydrogens is 417 g/mol. The van der Waals surface area contributed by atoms with Crippen LogP contribution >= 0.6 is 0 Å². The third-order valence-corrected chi connectivity index (χ3v) is 4.31. The number of benzene rings is 1. The number of alkyl halides is 3. The largest absolute Gasteiger partial charge is 0.468 e. The van der Waals surface area contributed by atoms with Crippen LogP contribution < -0.4 is 20.3 Å². The Kier molecular flexibility index (Phi) is 6.73. The van der Waals surface area contributed by atoms with E-state index in [2.05, 4.69) is 20.4 Å². The number of nitrogens with one attached hydrogen (secondary N) is 2. The molecule has 0 bridgehead atoms. The number of aromatic nitrogens is 1. The van der Waals surface area contributed by atoms with Gasteiger partial charge in [0.05, 0.1) is 11.4 Å². The van der Waals surface area contributed by atoms with E-state index in [1.165, 1.54) is 23.2 Å². The zero-order chi connectivity index (χ0) is 22.4. The van der Waals surface area contributed by atoms with E-state index in [9.17, 15) is 27.6 Å². The lowest BCUT2D eigenvalue weighted by Gasteiger charge is -2.29. The van der Waals surface area contributed by atoms with Gasteiger partial charge >= 0.3 is 6.18 Å². The van der Waals surface area contributed by atoms with Gasteiger partial charge in [-0.05, 0) is 23.8 Å². The standard InChI is InChI=1S/C20H19F3N4O4/c21-20(22,23)12-31-18-9-13(7-8-24-18)10-25-16(28)5-6-19(30)27-11-17(29)26-14-3-1-2-4-15(14)27/h1-4,7-9H,5-6,10-12H2,(H,25,28)(H,26,29). The zero-order valence-electron chi connectivity index (χ0n) is 16.2. The molecule has 3 amide bonds. The summed E-state index contributed by atoms with van der Waals surface area (Å²) in [7, 11) is 0. The number of para-hydroxylation sites is 2. The smallest absolute Gasteiger partial charge is 0.422 e. The first kappa shape index (κ1) is 22.1. The molecule has 0 saturated carbocycles. The van der Waals surface area contributed by atoms with Crippen molar-refractivity contribution in [3.63, 3.8) is 0 Å². The van der Waals surface area contributed by atoms with E-state index in [4.69, 9.17) is 0 Å². The highest BCUT2D eigenvalue weighted by Gasteiger charge is 2.29. The minimum Gasteiger partial charge on any atom is -0.468 e. The van der Waals surface area contributed by atoms with E-state index in [1.807, 2.05) is 0 Å². The molecule has 2 N–H and O–H groups in total. The van der Waals surface area contributed by atoms with Gasteiger partial charge in [-0.25, -0.2) is 4.98 Å². The lowest BCUT2D eigenvalue weighted by Crippen LogP contribution is -2.42. The molecule has 1 aromatic carbocycles. The number of hydrogen-bond donors (Lipinski definition) is 2. The second kappa shape index (κ2) is 9.45. The maximum atomic E-state index is 12.5. The van der Waals surface area contributed by atoms with Crippen LogP contribution in [0.5, 0.6) is 5.88 Å². The lowest BCUT2D eigenvalue weighted by atomic mass is 10.1. The number of amides is 3. The SMILES string of the molecule is O=C(CCC(=O)N1CC(=O)Nc2ccccc21)NCc1ccnc(OCC(F)(F)F)c1. The molecule has 0 fully saturated rings. The number of halogens is 3. The molecule has 0 unspecified atom stereocenters. The summed E-state index contributed by atoms with van der Waals surface area (Å²) >= 11 is 0. The zero-order valence-corrected chi connectivity index (χ0v) is 16.2. The molecule has 11 heteroatoms. The van der Waals surface area contributed by atoms with Crippen LogP contribution in [0.4, 0.5) is 24.5 Å². The van der Waals surface area contributed by atoms with Gasteiger partial charge in [0.1, 0.15) is 6.54 Å². The first-order valence-corrected chi connectivity index (χ1v) is 9.32. The fourth-order valence-corrected chi connectivity index (χ4v) is 2.90. The number of rotatable bonds is 7. The van der Waals surface area contributed by atoms with Crippen LogP contribution in [0.25, 0.3) is 0 Å². The van der Waals surface area contributed by atoms with Crippen molar-refractivity contribution in [2.45, 2.75) is 25.6 Å². The van der Waals surface area contributed by atoms with Crippen molar-refractivity contribution < 1.29 is 32.3 Å². The molecule has 1 aromatic heterocycles. The summed E-state index contributed by atoms with van der Waals surface area (Å²) in [6.07, 6.45) is -3.42. The van der Waals surface area contributed by atoms with Crippen LogP contribution in [0.15, 0.2) is 42.6 Å². The quantitative estimate of drug-likeness (QED) is 0.694. The molecule has 0 aliphatic carbocycles. The molecule has 2 aromatic rings. The Balaban J connectivity index is 1.49. The maximum Gasteiger partial charge on any atom is 0.422 e. The van der Waals surface area contributed by atoms with Crippen molar-refractivity contribution in [2.24, 2.45) is 0 Å². The van der Waals surface area contributed by atoms with E-state index >= 15 is 0 Å². The normalized spacial score (nSPS) is 13.3. The van der Waals surface area contributed by atoms with E-state index in [0.29, 0.717) is 16.9 Å². The Hall–Kier alpha value is -3.63. The number of carbonyl (C=O) groups is 3. The van der Waals surface area contributed by atoms with Crippen molar-refractivity contribution in [3.8, 4) is 5.88 Å². The minimum absolute atomic E-state index is 0.0346. The third kappa shape index (κ3) is 6.43. The van der Waals surface area contributed by atoms with Crippen LogP contribution in [-0.2, 0) is 20.9 Å². The highest BCUT2D eigenvalue weighted by atomic mass is 19.4. The van der Waals surface area contributed by atoms with Crippen molar-refractivity contribution in [3.05, 3.63) is 48.2 Å². The van der Waals surface area contributed by atoms with Crippen LogP contribution in [0.3, 0.4) is 0 Å². The average Bonchev–Trinajstić information content (AvgIpc) is 2.73. The Labute approximate surface area is 175 Å². The second-order valence-electron chi connectivity index (χ2n) is 6.73. The Morgan fingerprint density at radius 1 is 1.19 bits per heavy atom. The van der Waals surface area contributed by atoms with Crippen molar-refractivity contribution in [1.29, 1.82) is 0 Å². The van der Waals surface area contributed by atoms with Gasteiger partial charge in [0, 0.05) is 31.6 Å². The van der Waals surface area contributed by atoms with E-state index in [1.54, 1.807) is 24.3 Å². The van der Waals surface area contributed by atoms with Crippen molar-refractivity contribution >= 4 is 29.1 Å². The molecule has 1 aliphatic rings. The molecule has 0 saturated heterocycles. The Bertz CT molecular complexity index is 981. The minimum atomic E-state index is -4.48. The Morgan fingerprint density at radius 2 is 1.97 bits per heavy atom. The molecule has 8 nitrogen and oxygen atoms in total. The van der Waals surface area contributed by atoms with Crippen LogP contribution in [0.2, 0.25) is 0 Å². The number of nitrogens with zero attached hydrogens (tertiary/aromatic N) is 2. The number of ether oxygens (including phenoxy) is 1. The molecule has 2 heterocycles. The van der Waals surface area contributed by atoms with Gasteiger partial charge in [-0.3, -0.25) is 14.4 Å². The first-order chi connectivity index (χ1) is 14.7. The molecule has 164 valence electrons. The highest BCUT2D eigenvalue weighted by molar-refractivity contribution is 6.10. The molecular formula is C20H19F3N4O4. The number of anilines is 2.